The van der Waals surface area contributed by atoms with Crippen molar-refractivity contribution in [3.05, 3.63) is 75.9 Å². The van der Waals surface area contributed by atoms with Gasteiger partial charge in [-0.3, -0.25) is 4.98 Å². The molecule has 1 atom stereocenters. The van der Waals surface area contributed by atoms with Gasteiger partial charge in [0, 0.05) is 11.6 Å². The summed E-state index contributed by atoms with van der Waals surface area (Å²) in [5.41, 5.74) is 5.19. The zero-order valence-electron chi connectivity index (χ0n) is 11.8. The van der Waals surface area contributed by atoms with Crippen molar-refractivity contribution in [1.29, 1.82) is 0 Å². The summed E-state index contributed by atoms with van der Waals surface area (Å²) in [6, 6.07) is 14.0. The molecule has 0 bridgehead atoms. The molecule has 1 aliphatic heterocycles. The molecule has 0 saturated heterocycles. The highest BCUT2D eigenvalue weighted by Gasteiger charge is 2.25. The van der Waals surface area contributed by atoms with Gasteiger partial charge in [0.2, 0.25) is 0 Å². The van der Waals surface area contributed by atoms with Crippen LogP contribution >= 0.6 is 11.6 Å². The molecular weight excluding hydrogens is 298 g/mol. The molecule has 1 aromatic heterocycles. The van der Waals surface area contributed by atoms with Crippen LogP contribution in [0.5, 0.6) is 0 Å². The second-order valence-corrected chi connectivity index (χ2v) is 5.92. The molecule has 0 aliphatic carbocycles. The lowest BCUT2D eigenvalue weighted by Crippen LogP contribution is -1.99. The number of pyridine rings is 1. The lowest BCUT2D eigenvalue weighted by molar-refractivity contribution is 0.0940. The SMILES string of the molecule is OCc1ccc2c(c1)C(c1ccc3ncc(Cl)cc3c1)OC2. The number of ether oxygens (including phenoxy) is 1. The summed E-state index contributed by atoms with van der Waals surface area (Å²) >= 11 is 6.03. The maximum Gasteiger partial charge on any atom is 0.108 e. The number of halogens is 1. The number of fused-ring (bicyclic) bond motifs is 2. The van der Waals surface area contributed by atoms with Crippen molar-refractivity contribution in [2.24, 2.45) is 0 Å². The van der Waals surface area contributed by atoms with Crippen LogP contribution in [0.3, 0.4) is 0 Å². The molecule has 0 spiro atoms. The number of aliphatic hydroxyl groups excluding tert-OH is 1. The Balaban J connectivity index is 1.81. The minimum atomic E-state index is -0.107. The van der Waals surface area contributed by atoms with Crippen molar-refractivity contribution in [2.45, 2.75) is 19.3 Å². The second kappa shape index (κ2) is 5.36. The highest BCUT2D eigenvalue weighted by Crippen LogP contribution is 2.37. The van der Waals surface area contributed by atoms with Gasteiger partial charge in [0.25, 0.3) is 0 Å². The molecule has 0 saturated carbocycles. The number of aromatic nitrogens is 1. The normalized spacial score (nSPS) is 16.9. The third-order valence-corrected chi connectivity index (χ3v) is 4.26. The van der Waals surface area contributed by atoms with Crippen LogP contribution in [0.15, 0.2) is 48.7 Å². The lowest BCUT2D eigenvalue weighted by atomic mass is 9.96. The highest BCUT2D eigenvalue weighted by molar-refractivity contribution is 6.31. The van der Waals surface area contributed by atoms with Crippen molar-refractivity contribution in [3.8, 4) is 0 Å². The van der Waals surface area contributed by atoms with Crippen LogP contribution in [-0.4, -0.2) is 10.1 Å². The maximum absolute atomic E-state index is 9.33. The van der Waals surface area contributed by atoms with Crippen molar-refractivity contribution >= 4 is 22.5 Å². The molecule has 1 N–H and O–H groups in total. The lowest BCUT2D eigenvalue weighted by Gasteiger charge is -2.13. The smallest absolute Gasteiger partial charge is 0.108 e. The van der Waals surface area contributed by atoms with Gasteiger partial charge in [-0.15, -0.1) is 0 Å². The predicted molar refractivity (Wildman–Crippen MR) is 85.7 cm³/mol. The van der Waals surface area contributed by atoms with Gasteiger partial charge in [-0.25, -0.2) is 0 Å². The van der Waals surface area contributed by atoms with Gasteiger partial charge in [0.1, 0.15) is 6.10 Å². The minimum Gasteiger partial charge on any atom is -0.392 e. The first-order valence-electron chi connectivity index (χ1n) is 7.14. The summed E-state index contributed by atoms with van der Waals surface area (Å²) in [5.74, 6) is 0. The number of benzene rings is 2. The van der Waals surface area contributed by atoms with E-state index in [0.29, 0.717) is 11.6 Å². The summed E-state index contributed by atoms with van der Waals surface area (Å²) in [7, 11) is 0. The van der Waals surface area contributed by atoms with E-state index in [2.05, 4.69) is 11.1 Å². The van der Waals surface area contributed by atoms with E-state index in [0.717, 1.165) is 27.6 Å². The van der Waals surface area contributed by atoms with Crippen molar-refractivity contribution in [2.75, 3.05) is 0 Å². The Morgan fingerprint density at radius 2 is 2.09 bits per heavy atom. The van der Waals surface area contributed by atoms with Gasteiger partial charge in [-0.1, -0.05) is 35.9 Å². The van der Waals surface area contributed by atoms with Gasteiger partial charge in [0.05, 0.1) is 23.8 Å². The van der Waals surface area contributed by atoms with E-state index in [-0.39, 0.29) is 12.7 Å². The maximum atomic E-state index is 9.33. The molecule has 0 radical (unpaired) electrons. The average molecular weight is 312 g/mol. The predicted octanol–water partition coefficient (Wildman–Crippen LogP) is 4.00. The minimum absolute atomic E-state index is 0.0389. The fraction of sp³-hybridized carbons (Fsp3) is 0.167. The Morgan fingerprint density at radius 3 is 2.95 bits per heavy atom. The number of hydrogen-bond donors (Lipinski definition) is 1. The van der Waals surface area contributed by atoms with Crippen molar-refractivity contribution < 1.29 is 9.84 Å². The quantitative estimate of drug-likeness (QED) is 0.778. The molecule has 1 unspecified atom stereocenters. The van der Waals surface area contributed by atoms with Gasteiger partial charge in [-0.2, -0.15) is 0 Å². The molecule has 2 heterocycles. The van der Waals surface area contributed by atoms with E-state index in [4.69, 9.17) is 16.3 Å². The van der Waals surface area contributed by atoms with Crippen LogP contribution in [-0.2, 0) is 18.0 Å². The van der Waals surface area contributed by atoms with Gasteiger partial charge < -0.3 is 9.84 Å². The van der Waals surface area contributed by atoms with E-state index in [9.17, 15) is 5.11 Å². The third kappa shape index (κ3) is 2.28. The number of rotatable bonds is 2. The van der Waals surface area contributed by atoms with E-state index in [1.165, 1.54) is 5.56 Å². The molecule has 4 rings (SSSR count). The summed E-state index contributed by atoms with van der Waals surface area (Å²) in [6.07, 6.45) is 1.54. The van der Waals surface area contributed by atoms with Crippen molar-refractivity contribution in [1.82, 2.24) is 4.98 Å². The van der Waals surface area contributed by atoms with Gasteiger partial charge in [0.15, 0.2) is 0 Å². The summed E-state index contributed by atoms with van der Waals surface area (Å²) in [5, 5.41) is 11.0. The summed E-state index contributed by atoms with van der Waals surface area (Å²) < 4.78 is 5.95. The highest BCUT2D eigenvalue weighted by atomic mass is 35.5. The first-order chi connectivity index (χ1) is 10.7. The topological polar surface area (TPSA) is 42.4 Å². The average Bonchev–Trinajstić information content (AvgIpc) is 2.97. The van der Waals surface area contributed by atoms with E-state index >= 15 is 0 Å². The molecule has 3 nitrogen and oxygen atoms in total. The molecular formula is C18H14ClNO2. The molecule has 2 aromatic carbocycles. The van der Waals surface area contributed by atoms with Crippen LogP contribution in [0.1, 0.15) is 28.4 Å². The zero-order chi connectivity index (χ0) is 15.1. The Hall–Kier alpha value is -1.94. The molecule has 3 aromatic rings. The van der Waals surface area contributed by atoms with Crippen LogP contribution in [0.25, 0.3) is 10.9 Å². The first kappa shape index (κ1) is 13.7. The van der Waals surface area contributed by atoms with Crippen LogP contribution in [0, 0.1) is 0 Å². The number of hydrogen-bond acceptors (Lipinski definition) is 3. The van der Waals surface area contributed by atoms with Crippen LogP contribution in [0.4, 0.5) is 0 Å². The molecule has 0 amide bonds. The van der Waals surface area contributed by atoms with Gasteiger partial charge >= 0.3 is 0 Å². The Labute approximate surface area is 133 Å². The van der Waals surface area contributed by atoms with Crippen LogP contribution < -0.4 is 0 Å². The van der Waals surface area contributed by atoms with Crippen molar-refractivity contribution in [3.63, 3.8) is 0 Å². The molecule has 4 heteroatoms. The molecule has 22 heavy (non-hydrogen) atoms. The zero-order valence-corrected chi connectivity index (χ0v) is 12.5. The van der Waals surface area contributed by atoms with Crippen LogP contribution in [0.2, 0.25) is 5.02 Å². The monoisotopic (exact) mass is 311 g/mol. The largest absolute Gasteiger partial charge is 0.392 e. The van der Waals surface area contributed by atoms with E-state index in [1.54, 1.807) is 6.20 Å². The Kier molecular flexibility index (Phi) is 3.34. The molecule has 110 valence electrons. The van der Waals surface area contributed by atoms with E-state index in [1.807, 2.05) is 36.4 Å². The molecule has 1 aliphatic rings. The fourth-order valence-electron chi connectivity index (χ4n) is 2.94. The molecule has 0 fully saturated rings. The number of aliphatic hydroxyl groups is 1. The Morgan fingerprint density at radius 1 is 1.18 bits per heavy atom. The van der Waals surface area contributed by atoms with Gasteiger partial charge in [-0.05, 0) is 40.5 Å². The Bertz CT molecular complexity index is 863. The fourth-order valence-corrected chi connectivity index (χ4v) is 3.11. The first-order valence-corrected chi connectivity index (χ1v) is 7.52. The summed E-state index contributed by atoms with van der Waals surface area (Å²) in [6.45, 7) is 0.634. The third-order valence-electron chi connectivity index (χ3n) is 4.06. The standard InChI is InChI=1S/C18H14ClNO2/c19-15-7-14-6-12(3-4-17(14)20-8-15)18-16-5-11(9-21)1-2-13(16)10-22-18/h1-8,18,21H,9-10H2. The van der Waals surface area contributed by atoms with E-state index < -0.39 is 0 Å². The summed E-state index contributed by atoms with van der Waals surface area (Å²) in [4.78, 5) is 4.31. The number of nitrogens with zero attached hydrogens (tertiary/aromatic N) is 1. The second-order valence-electron chi connectivity index (χ2n) is 5.49.